The molecule has 5 heteroatoms. The summed E-state index contributed by atoms with van der Waals surface area (Å²) in [5.74, 6) is 0. The summed E-state index contributed by atoms with van der Waals surface area (Å²) in [6.07, 6.45) is 4.40. The Morgan fingerprint density at radius 3 is 2.46 bits per heavy atom. The first kappa shape index (κ1) is 18.0. The summed E-state index contributed by atoms with van der Waals surface area (Å²) in [6.45, 7) is 0.598. The molecule has 0 atom stereocenters. The molecule has 0 fully saturated rings. The van der Waals surface area contributed by atoms with Crippen molar-refractivity contribution >= 4 is 11.6 Å². The van der Waals surface area contributed by atoms with Gasteiger partial charge in [-0.15, -0.1) is 0 Å². The first-order valence-electron chi connectivity index (χ1n) is 8.92. The van der Waals surface area contributed by atoms with E-state index in [4.69, 9.17) is 16.9 Å². The summed E-state index contributed by atoms with van der Waals surface area (Å²) in [7, 11) is 0. The molecule has 0 saturated heterocycles. The van der Waals surface area contributed by atoms with Gasteiger partial charge in [0.05, 0.1) is 30.2 Å². The number of rotatable bonds is 5. The molecule has 2 heterocycles. The number of hydrogen-bond donors (Lipinski definition) is 0. The zero-order valence-electron chi connectivity index (χ0n) is 15.1. The second-order valence-corrected chi connectivity index (χ2v) is 6.86. The average molecular weight is 385 g/mol. The molecule has 28 heavy (non-hydrogen) atoms. The number of benzene rings is 2. The SMILES string of the molecule is N#Cc1ccc(Cc2cncn2Cc2ccc(-c3ccccc3)c(Cl)n2)cc1. The lowest BCUT2D eigenvalue weighted by Crippen LogP contribution is -2.06. The maximum absolute atomic E-state index is 8.93. The van der Waals surface area contributed by atoms with E-state index in [1.807, 2.05) is 72.9 Å². The molecule has 136 valence electrons. The molecule has 4 nitrogen and oxygen atoms in total. The number of pyridine rings is 1. The molecular weight excluding hydrogens is 368 g/mol. The van der Waals surface area contributed by atoms with Crippen LogP contribution < -0.4 is 0 Å². The zero-order valence-corrected chi connectivity index (χ0v) is 15.8. The van der Waals surface area contributed by atoms with Gasteiger partial charge in [0.15, 0.2) is 0 Å². The standard InChI is InChI=1S/C23H17ClN4/c24-23-22(19-4-2-1-3-5-19)11-10-20(27-23)15-28-16-26-14-21(28)12-17-6-8-18(13-25)9-7-17/h1-11,14,16H,12,15H2. The van der Waals surface area contributed by atoms with Gasteiger partial charge >= 0.3 is 0 Å². The van der Waals surface area contributed by atoms with E-state index in [1.54, 1.807) is 6.33 Å². The van der Waals surface area contributed by atoms with Crippen LogP contribution in [0.3, 0.4) is 0 Å². The maximum Gasteiger partial charge on any atom is 0.137 e. The molecule has 0 bridgehead atoms. The quantitative estimate of drug-likeness (QED) is 0.449. The minimum atomic E-state index is 0.498. The van der Waals surface area contributed by atoms with Crippen LogP contribution in [-0.2, 0) is 13.0 Å². The molecule has 2 aromatic carbocycles. The molecule has 4 rings (SSSR count). The van der Waals surface area contributed by atoms with Crippen LogP contribution in [0, 0.1) is 11.3 Å². The van der Waals surface area contributed by atoms with Crippen molar-refractivity contribution < 1.29 is 0 Å². The summed E-state index contributed by atoms with van der Waals surface area (Å²) in [5, 5.41) is 9.42. The first-order chi connectivity index (χ1) is 13.7. The van der Waals surface area contributed by atoms with Crippen LogP contribution >= 0.6 is 11.6 Å². The largest absolute Gasteiger partial charge is 0.328 e. The Labute approximate surface area is 168 Å². The van der Waals surface area contributed by atoms with Gasteiger partial charge in [-0.2, -0.15) is 5.26 Å². The van der Waals surface area contributed by atoms with Crippen molar-refractivity contribution in [1.29, 1.82) is 5.26 Å². The lowest BCUT2D eigenvalue weighted by Gasteiger charge is -2.10. The van der Waals surface area contributed by atoms with E-state index in [2.05, 4.69) is 20.6 Å². The topological polar surface area (TPSA) is 54.5 Å². The lowest BCUT2D eigenvalue weighted by molar-refractivity contribution is 0.735. The second kappa shape index (κ2) is 8.08. The highest BCUT2D eigenvalue weighted by Crippen LogP contribution is 2.26. The number of nitrogens with zero attached hydrogens (tertiary/aromatic N) is 4. The molecule has 4 aromatic rings. The van der Waals surface area contributed by atoms with Gasteiger partial charge in [-0.1, -0.05) is 54.1 Å². The van der Waals surface area contributed by atoms with Crippen LogP contribution in [0.2, 0.25) is 5.15 Å². The fourth-order valence-electron chi connectivity index (χ4n) is 3.11. The molecule has 0 saturated carbocycles. The Morgan fingerprint density at radius 2 is 1.75 bits per heavy atom. The molecule has 0 N–H and O–H groups in total. The van der Waals surface area contributed by atoms with E-state index < -0.39 is 0 Å². The van der Waals surface area contributed by atoms with Crippen molar-refractivity contribution in [3.8, 4) is 17.2 Å². The molecule has 2 aromatic heterocycles. The van der Waals surface area contributed by atoms with Gasteiger partial charge in [0.2, 0.25) is 0 Å². The van der Waals surface area contributed by atoms with Crippen molar-refractivity contribution in [3.63, 3.8) is 0 Å². The summed E-state index contributed by atoms with van der Waals surface area (Å²) in [6, 6.07) is 23.8. The fourth-order valence-corrected chi connectivity index (χ4v) is 3.39. The molecular formula is C23H17ClN4. The van der Waals surface area contributed by atoms with Crippen LogP contribution in [-0.4, -0.2) is 14.5 Å². The van der Waals surface area contributed by atoms with Crippen LogP contribution in [0.15, 0.2) is 79.3 Å². The van der Waals surface area contributed by atoms with Gasteiger partial charge in [-0.3, -0.25) is 0 Å². The van der Waals surface area contributed by atoms with E-state index in [1.165, 1.54) is 0 Å². The Balaban J connectivity index is 1.53. The molecule has 0 radical (unpaired) electrons. The van der Waals surface area contributed by atoms with Gasteiger partial charge in [-0.05, 0) is 35.4 Å². The van der Waals surface area contributed by atoms with Crippen molar-refractivity contribution in [2.75, 3.05) is 0 Å². The van der Waals surface area contributed by atoms with Crippen molar-refractivity contribution in [3.05, 3.63) is 107 Å². The monoisotopic (exact) mass is 384 g/mol. The molecule has 0 unspecified atom stereocenters. The number of halogens is 1. The van der Waals surface area contributed by atoms with Crippen molar-refractivity contribution in [2.24, 2.45) is 0 Å². The minimum absolute atomic E-state index is 0.498. The third-order valence-electron chi connectivity index (χ3n) is 4.59. The summed E-state index contributed by atoms with van der Waals surface area (Å²) < 4.78 is 2.07. The number of aromatic nitrogens is 3. The molecule has 0 aliphatic carbocycles. The molecule has 0 spiro atoms. The third-order valence-corrected chi connectivity index (χ3v) is 4.88. The van der Waals surface area contributed by atoms with Crippen molar-refractivity contribution in [1.82, 2.24) is 14.5 Å². The summed E-state index contributed by atoms with van der Waals surface area (Å²) >= 11 is 6.44. The molecule has 0 amide bonds. The highest BCUT2D eigenvalue weighted by molar-refractivity contribution is 6.32. The third kappa shape index (κ3) is 3.95. The summed E-state index contributed by atoms with van der Waals surface area (Å²) in [5.41, 5.74) is 5.73. The maximum atomic E-state index is 8.93. The van der Waals surface area contributed by atoms with Crippen LogP contribution in [0.5, 0.6) is 0 Å². The van der Waals surface area contributed by atoms with Crippen LogP contribution in [0.1, 0.15) is 22.5 Å². The first-order valence-corrected chi connectivity index (χ1v) is 9.29. The van der Waals surface area contributed by atoms with Gasteiger partial charge < -0.3 is 4.57 Å². The number of imidazole rings is 1. The predicted molar refractivity (Wildman–Crippen MR) is 110 cm³/mol. The zero-order chi connectivity index (χ0) is 19.3. The minimum Gasteiger partial charge on any atom is -0.328 e. The van der Waals surface area contributed by atoms with Gasteiger partial charge in [0, 0.05) is 23.9 Å². The van der Waals surface area contributed by atoms with E-state index in [9.17, 15) is 0 Å². The number of hydrogen-bond acceptors (Lipinski definition) is 3. The molecule has 0 aliphatic rings. The smallest absolute Gasteiger partial charge is 0.137 e. The Hall–Kier alpha value is -3.42. The normalized spacial score (nSPS) is 10.6. The van der Waals surface area contributed by atoms with E-state index in [0.717, 1.165) is 34.5 Å². The van der Waals surface area contributed by atoms with Gasteiger partial charge in [0.25, 0.3) is 0 Å². The Morgan fingerprint density at radius 1 is 0.964 bits per heavy atom. The average Bonchev–Trinajstić information content (AvgIpc) is 3.16. The lowest BCUT2D eigenvalue weighted by atomic mass is 10.1. The van der Waals surface area contributed by atoms with Gasteiger partial charge in [-0.25, -0.2) is 9.97 Å². The Bertz CT molecular complexity index is 1130. The van der Waals surface area contributed by atoms with Crippen molar-refractivity contribution in [2.45, 2.75) is 13.0 Å². The van der Waals surface area contributed by atoms with Crippen LogP contribution in [0.25, 0.3) is 11.1 Å². The molecule has 0 aliphatic heterocycles. The second-order valence-electron chi connectivity index (χ2n) is 6.51. The van der Waals surface area contributed by atoms with E-state index in [0.29, 0.717) is 17.3 Å². The highest BCUT2D eigenvalue weighted by Gasteiger charge is 2.09. The number of nitriles is 1. The highest BCUT2D eigenvalue weighted by atomic mass is 35.5. The van der Waals surface area contributed by atoms with E-state index in [-0.39, 0.29) is 0 Å². The predicted octanol–water partition coefficient (Wildman–Crippen LogP) is 5.11. The van der Waals surface area contributed by atoms with Gasteiger partial charge in [0.1, 0.15) is 5.15 Å². The van der Waals surface area contributed by atoms with Crippen LogP contribution in [0.4, 0.5) is 0 Å². The fraction of sp³-hybridized carbons (Fsp3) is 0.0870. The van der Waals surface area contributed by atoms with E-state index >= 15 is 0 Å². The Kier molecular flexibility index (Phi) is 5.18. The summed E-state index contributed by atoms with van der Waals surface area (Å²) in [4.78, 5) is 8.86.